The van der Waals surface area contributed by atoms with Crippen LogP contribution in [0.2, 0.25) is 0 Å². The minimum absolute atomic E-state index is 0.00918. The number of nitrogens with one attached hydrogen (secondary N) is 1. The molecule has 0 radical (unpaired) electrons. The third-order valence-corrected chi connectivity index (χ3v) is 5.56. The standard InChI is InChI=1S/C20H24N2O4S/c1-14-7-5-10-19(15(14)2)21-20(24)11-12-22(27(4,25)26)18-9-6-8-17(13-18)16(3)23/h5-10,13H,11-12H2,1-4H3,(H,21,24). The molecular formula is C20H24N2O4S. The fourth-order valence-electron chi connectivity index (χ4n) is 2.67. The molecule has 0 unspecified atom stereocenters. The Morgan fingerprint density at radius 2 is 1.74 bits per heavy atom. The van der Waals surface area contributed by atoms with E-state index in [-0.39, 0.29) is 24.7 Å². The number of anilines is 2. The van der Waals surface area contributed by atoms with Crippen molar-refractivity contribution in [1.82, 2.24) is 0 Å². The first-order valence-electron chi connectivity index (χ1n) is 8.54. The summed E-state index contributed by atoms with van der Waals surface area (Å²) in [6, 6.07) is 12.0. The molecule has 0 fully saturated rings. The van der Waals surface area contributed by atoms with Crippen LogP contribution >= 0.6 is 0 Å². The molecule has 2 rings (SSSR count). The lowest BCUT2D eigenvalue weighted by Gasteiger charge is -2.22. The smallest absolute Gasteiger partial charge is 0.232 e. The molecule has 0 saturated carbocycles. The Bertz CT molecular complexity index is 968. The molecule has 0 aliphatic heterocycles. The number of rotatable bonds is 7. The quantitative estimate of drug-likeness (QED) is 0.738. The first-order chi connectivity index (χ1) is 12.6. The first-order valence-corrected chi connectivity index (χ1v) is 10.4. The van der Waals surface area contributed by atoms with Crippen molar-refractivity contribution < 1.29 is 18.0 Å². The normalized spacial score (nSPS) is 11.1. The Balaban J connectivity index is 2.16. The van der Waals surface area contributed by atoms with Gasteiger partial charge in [0.25, 0.3) is 0 Å². The highest BCUT2D eigenvalue weighted by Gasteiger charge is 2.19. The zero-order valence-electron chi connectivity index (χ0n) is 15.9. The highest BCUT2D eigenvalue weighted by atomic mass is 32.2. The van der Waals surface area contributed by atoms with Crippen LogP contribution in [0.3, 0.4) is 0 Å². The maximum absolute atomic E-state index is 12.3. The van der Waals surface area contributed by atoms with Crippen LogP contribution in [0.5, 0.6) is 0 Å². The summed E-state index contributed by atoms with van der Waals surface area (Å²) in [5, 5.41) is 2.82. The average molecular weight is 388 g/mol. The molecule has 0 aromatic heterocycles. The zero-order chi connectivity index (χ0) is 20.2. The number of carbonyl (C=O) groups is 2. The average Bonchev–Trinajstić information content (AvgIpc) is 2.58. The van der Waals surface area contributed by atoms with Gasteiger partial charge in [-0.3, -0.25) is 13.9 Å². The predicted molar refractivity (Wildman–Crippen MR) is 108 cm³/mol. The molecule has 1 amide bonds. The molecule has 0 saturated heterocycles. The van der Waals surface area contributed by atoms with Crippen LogP contribution in [0.4, 0.5) is 11.4 Å². The van der Waals surface area contributed by atoms with Gasteiger partial charge in [-0.2, -0.15) is 0 Å². The Labute approximate surface area is 160 Å². The molecule has 0 atom stereocenters. The molecule has 2 aromatic carbocycles. The van der Waals surface area contributed by atoms with E-state index in [2.05, 4.69) is 5.32 Å². The summed E-state index contributed by atoms with van der Waals surface area (Å²) in [5.74, 6) is -0.432. The van der Waals surface area contributed by atoms with Crippen molar-refractivity contribution in [1.29, 1.82) is 0 Å². The minimum atomic E-state index is -3.60. The van der Waals surface area contributed by atoms with E-state index in [0.717, 1.165) is 21.7 Å². The summed E-state index contributed by atoms with van der Waals surface area (Å²) in [6.45, 7) is 5.28. The van der Waals surface area contributed by atoms with E-state index in [9.17, 15) is 18.0 Å². The topological polar surface area (TPSA) is 83.6 Å². The summed E-state index contributed by atoms with van der Waals surface area (Å²) in [4.78, 5) is 23.9. The summed E-state index contributed by atoms with van der Waals surface area (Å²) >= 11 is 0. The van der Waals surface area contributed by atoms with Crippen molar-refractivity contribution in [3.8, 4) is 0 Å². The second kappa shape index (κ2) is 8.35. The lowest BCUT2D eigenvalue weighted by atomic mass is 10.1. The lowest BCUT2D eigenvalue weighted by Crippen LogP contribution is -2.33. The van der Waals surface area contributed by atoms with E-state index < -0.39 is 10.0 Å². The molecule has 0 bridgehead atoms. The second-order valence-electron chi connectivity index (χ2n) is 6.49. The molecule has 7 heteroatoms. The number of sulfonamides is 1. The Morgan fingerprint density at radius 3 is 2.37 bits per heavy atom. The molecule has 2 aromatic rings. The molecule has 27 heavy (non-hydrogen) atoms. The van der Waals surface area contributed by atoms with Crippen molar-refractivity contribution in [2.75, 3.05) is 22.4 Å². The number of ketones is 1. The Kier molecular flexibility index (Phi) is 6.38. The van der Waals surface area contributed by atoms with Gasteiger partial charge >= 0.3 is 0 Å². The van der Waals surface area contributed by atoms with Crippen LogP contribution in [-0.2, 0) is 14.8 Å². The van der Waals surface area contributed by atoms with Gasteiger partial charge in [0.2, 0.25) is 15.9 Å². The maximum Gasteiger partial charge on any atom is 0.232 e. The third kappa shape index (κ3) is 5.40. The van der Waals surface area contributed by atoms with Crippen molar-refractivity contribution in [2.24, 2.45) is 0 Å². The number of carbonyl (C=O) groups excluding carboxylic acids is 2. The van der Waals surface area contributed by atoms with E-state index in [4.69, 9.17) is 0 Å². The third-order valence-electron chi connectivity index (χ3n) is 4.36. The fourth-order valence-corrected chi connectivity index (χ4v) is 3.59. The van der Waals surface area contributed by atoms with Gasteiger partial charge in [-0.25, -0.2) is 8.42 Å². The summed E-state index contributed by atoms with van der Waals surface area (Å²) < 4.78 is 25.5. The number of hydrogen-bond acceptors (Lipinski definition) is 4. The Morgan fingerprint density at radius 1 is 1.07 bits per heavy atom. The second-order valence-corrected chi connectivity index (χ2v) is 8.39. The van der Waals surface area contributed by atoms with E-state index in [0.29, 0.717) is 16.9 Å². The predicted octanol–water partition coefficient (Wildman–Crippen LogP) is 3.30. The molecule has 0 aliphatic rings. The highest BCUT2D eigenvalue weighted by molar-refractivity contribution is 7.92. The van der Waals surface area contributed by atoms with Gasteiger partial charge in [-0.15, -0.1) is 0 Å². The fraction of sp³-hybridized carbons (Fsp3) is 0.300. The van der Waals surface area contributed by atoms with Crippen LogP contribution in [0, 0.1) is 13.8 Å². The van der Waals surface area contributed by atoms with Crippen molar-refractivity contribution in [3.63, 3.8) is 0 Å². The first kappa shape index (κ1) is 20.6. The number of Topliss-reactive ketones (excluding diaryl/α,β-unsaturated/α-hetero) is 1. The lowest BCUT2D eigenvalue weighted by molar-refractivity contribution is -0.116. The SMILES string of the molecule is CC(=O)c1cccc(N(CCC(=O)Nc2cccc(C)c2C)S(C)(=O)=O)c1. The summed E-state index contributed by atoms with van der Waals surface area (Å²) in [5.41, 5.74) is 3.53. The van der Waals surface area contributed by atoms with Gasteiger partial charge in [0.1, 0.15) is 0 Å². The molecule has 0 spiro atoms. The monoisotopic (exact) mass is 388 g/mol. The van der Waals surface area contributed by atoms with Crippen molar-refractivity contribution >= 4 is 33.1 Å². The number of nitrogens with zero attached hydrogens (tertiary/aromatic N) is 1. The van der Waals surface area contributed by atoms with E-state index in [1.165, 1.54) is 13.0 Å². The van der Waals surface area contributed by atoms with Crippen LogP contribution < -0.4 is 9.62 Å². The van der Waals surface area contributed by atoms with Crippen LogP contribution in [0.15, 0.2) is 42.5 Å². The highest BCUT2D eigenvalue weighted by Crippen LogP contribution is 2.21. The van der Waals surface area contributed by atoms with E-state index in [1.54, 1.807) is 18.2 Å². The van der Waals surface area contributed by atoms with Crippen LogP contribution in [0.25, 0.3) is 0 Å². The maximum atomic E-state index is 12.3. The zero-order valence-corrected chi connectivity index (χ0v) is 16.8. The van der Waals surface area contributed by atoms with Gasteiger partial charge in [0, 0.05) is 24.2 Å². The molecular weight excluding hydrogens is 364 g/mol. The van der Waals surface area contributed by atoms with Crippen LogP contribution in [-0.4, -0.2) is 32.9 Å². The number of aryl methyl sites for hydroxylation is 1. The van der Waals surface area contributed by atoms with E-state index in [1.807, 2.05) is 32.0 Å². The largest absolute Gasteiger partial charge is 0.326 e. The molecule has 144 valence electrons. The number of hydrogen-bond donors (Lipinski definition) is 1. The molecule has 0 heterocycles. The molecule has 1 N–H and O–H groups in total. The van der Waals surface area contributed by atoms with E-state index >= 15 is 0 Å². The van der Waals surface area contributed by atoms with Crippen LogP contribution in [0.1, 0.15) is 34.8 Å². The molecule has 0 aliphatic carbocycles. The summed E-state index contributed by atoms with van der Waals surface area (Å²) in [6.07, 6.45) is 1.07. The van der Waals surface area contributed by atoms with Gasteiger partial charge in [0.05, 0.1) is 11.9 Å². The van der Waals surface area contributed by atoms with Gasteiger partial charge in [-0.05, 0) is 50.1 Å². The number of benzene rings is 2. The Hall–Kier alpha value is -2.67. The molecule has 6 nitrogen and oxygen atoms in total. The summed E-state index contributed by atoms with van der Waals surface area (Å²) in [7, 11) is -3.60. The van der Waals surface area contributed by atoms with Crippen molar-refractivity contribution in [3.05, 3.63) is 59.2 Å². The number of amides is 1. The van der Waals surface area contributed by atoms with Gasteiger partial charge in [0.15, 0.2) is 5.78 Å². The van der Waals surface area contributed by atoms with Crippen molar-refractivity contribution in [2.45, 2.75) is 27.2 Å². The van der Waals surface area contributed by atoms with Gasteiger partial charge < -0.3 is 5.32 Å². The van der Waals surface area contributed by atoms with Gasteiger partial charge in [-0.1, -0.05) is 24.3 Å². The minimum Gasteiger partial charge on any atom is -0.326 e.